The van der Waals surface area contributed by atoms with Crippen LogP contribution >= 0.6 is 0 Å². The van der Waals surface area contributed by atoms with Gasteiger partial charge in [-0.05, 0) is 19.3 Å². The van der Waals surface area contributed by atoms with Crippen LogP contribution in [0.2, 0.25) is 0 Å². The van der Waals surface area contributed by atoms with E-state index in [1.165, 1.54) is 0 Å². The van der Waals surface area contributed by atoms with E-state index in [0.29, 0.717) is 12.5 Å². The van der Waals surface area contributed by atoms with Gasteiger partial charge in [0.25, 0.3) is 0 Å². The lowest BCUT2D eigenvalue weighted by Gasteiger charge is -2.19. The molecule has 0 saturated heterocycles. The maximum Gasteiger partial charge on any atom is 0.239 e. The van der Waals surface area contributed by atoms with Crippen molar-refractivity contribution in [1.82, 2.24) is 15.3 Å². The number of hydrogen-bond donors (Lipinski definition) is 2. The van der Waals surface area contributed by atoms with Crippen molar-refractivity contribution in [3.63, 3.8) is 0 Å². The minimum Gasteiger partial charge on any atom is -0.370 e. The molecule has 6 nitrogen and oxygen atoms in total. The van der Waals surface area contributed by atoms with E-state index in [9.17, 15) is 4.79 Å². The van der Waals surface area contributed by atoms with Crippen molar-refractivity contribution in [2.45, 2.75) is 32.1 Å². The molecule has 1 aromatic heterocycles. The second-order valence-corrected chi connectivity index (χ2v) is 5.20. The molecule has 0 unspecified atom stereocenters. The summed E-state index contributed by atoms with van der Waals surface area (Å²) in [7, 11) is 3.51. The first kappa shape index (κ1) is 14.6. The second-order valence-electron chi connectivity index (χ2n) is 5.20. The van der Waals surface area contributed by atoms with Gasteiger partial charge in [-0.1, -0.05) is 6.92 Å². The summed E-state index contributed by atoms with van der Waals surface area (Å²) in [5, 5.41) is 5.93. The van der Waals surface area contributed by atoms with E-state index in [-0.39, 0.29) is 5.91 Å². The molecular weight excluding hydrogens is 254 g/mol. The van der Waals surface area contributed by atoms with Crippen LogP contribution in [0.25, 0.3) is 0 Å². The molecule has 6 heteroatoms. The fourth-order valence-corrected chi connectivity index (χ4v) is 1.89. The molecule has 0 radical (unpaired) electrons. The highest BCUT2D eigenvalue weighted by atomic mass is 16.1. The first-order valence-electron chi connectivity index (χ1n) is 7.18. The van der Waals surface area contributed by atoms with Gasteiger partial charge in [-0.2, -0.15) is 0 Å². The lowest BCUT2D eigenvalue weighted by atomic mass is 10.3. The number of hydrogen-bond acceptors (Lipinski definition) is 5. The van der Waals surface area contributed by atoms with Gasteiger partial charge in [0.05, 0.1) is 6.54 Å². The van der Waals surface area contributed by atoms with E-state index in [1.807, 2.05) is 18.0 Å². The number of carbonyl (C=O) groups is 1. The molecule has 0 spiro atoms. The minimum atomic E-state index is -0.0258. The lowest BCUT2D eigenvalue weighted by molar-refractivity contribution is -0.119. The maximum absolute atomic E-state index is 11.5. The molecule has 1 fully saturated rings. The van der Waals surface area contributed by atoms with Crippen LogP contribution in [0.5, 0.6) is 0 Å². The van der Waals surface area contributed by atoms with Crippen LogP contribution in [0.4, 0.5) is 11.6 Å². The summed E-state index contributed by atoms with van der Waals surface area (Å²) in [4.78, 5) is 22.5. The van der Waals surface area contributed by atoms with Gasteiger partial charge in [0, 0.05) is 32.6 Å². The number of carbonyl (C=O) groups excluding carboxylic acids is 1. The van der Waals surface area contributed by atoms with Crippen molar-refractivity contribution in [3.05, 3.63) is 11.9 Å². The summed E-state index contributed by atoms with van der Waals surface area (Å²) in [5.74, 6) is 3.00. The number of nitrogens with zero attached hydrogens (tertiary/aromatic N) is 3. The van der Waals surface area contributed by atoms with Crippen LogP contribution in [0.3, 0.4) is 0 Å². The molecule has 20 heavy (non-hydrogen) atoms. The Morgan fingerprint density at radius 2 is 2.20 bits per heavy atom. The lowest BCUT2D eigenvalue weighted by Crippen LogP contribution is -2.33. The van der Waals surface area contributed by atoms with Gasteiger partial charge in [0.2, 0.25) is 5.91 Å². The number of anilines is 2. The Bertz CT molecular complexity index is 473. The van der Waals surface area contributed by atoms with E-state index >= 15 is 0 Å². The standard InChI is InChI=1S/C14H23N5O/c1-4-7-16-11-8-12(19(3)9-13(20)15-2)18-14(17-11)10-5-6-10/h8,10H,4-7,9H2,1-3H3,(H,15,20)(H,16,17,18). The first-order valence-corrected chi connectivity index (χ1v) is 7.18. The molecular formula is C14H23N5O. The van der Waals surface area contributed by atoms with E-state index < -0.39 is 0 Å². The topological polar surface area (TPSA) is 70.2 Å². The predicted octanol–water partition coefficient (Wildman–Crippen LogP) is 1.36. The highest BCUT2D eigenvalue weighted by molar-refractivity contribution is 5.80. The third kappa shape index (κ3) is 3.82. The molecule has 0 aliphatic heterocycles. The van der Waals surface area contributed by atoms with Gasteiger partial charge in [0.1, 0.15) is 17.5 Å². The molecule has 2 N–H and O–H groups in total. The van der Waals surface area contributed by atoms with Crippen LogP contribution < -0.4 is 15.5 Å². The van der Waals surface area contributed by atoms with Crippen molar-refractivity contribution in [2.75, 3.05) is 37.4 Å². The summed E-state index contributed by atoms with van der Waals surface area (Å²) in [6.45, 7) is 3.30. The molecule has 110 valence electrons. The fourth-order valence-electron chi connectivity index (χ4n) is 1.89. The average Bonchev–Trinajstić information content (AvgIpc) is 3.29. The Kier molecular flexibility index (Phi) is 4.76. The molecule has 1 aliphatic rings. The van der Waals surface area contributed by atoms with Crippen molar-refractivity contribution in [3.8, 4) is 0 Å². The van der Waals surface area contributed by atoms with E-state index in [4.69, 9.17) is 0 Å². The summed E-state index contributed by atoms with van der Waals surface area (Å²) in [6.07, 6.45) is 3.37. The molecule has 1 aliphatic carbocycles. The predicted molar refractivity (Wildman–Crippen MR) is 80.1 cm³/mol. The molecule has 1 saturated carbocycles. The quantitative estimate of drug-likeness (QED) is 0.787. The SMILES string of the molecule is CCCNc1cc(N(C)CC(=O)NC)nc(C2CC2)n1. The molecule has 2 rings (SSSR count). The van der Waals surface area contributed by atoms with Crippen molar-refractivity contribution < 1.29 is 4.79 Å². The first-order chi connectivity index (χ1) is 9.63. The number of likely N-dealkylation sites (N-methyl/N-ethyl adjacent to an activating group) is 2. The van der Waals surface area contributed by atoms with Crippen molar-refractivity contribution in [1.29, 1.82) is 0 Å². The van der Waals surface area contributed by atoms with Crippen molar-refractivity contribution in [2.24, 2.45) is 0 Å². The Morgan fingerprint density at radius 1 is 1.45 bits per heavy atom. The largest absolute Gasteiger partial charge is 0.370 e. The number of aromatic nitrogens is 2. The van der Waals surface area contributed by atoms with Gasteiger partial charge in [-0.15, -0.1) is 0 Å². The summed E-state index contributed by atoms with van der Waals surface area (Å²) in [5.41, 5.74) is 0. The summed E-state index contributed by atoms with van der Waals surface area (Å²) >= 11 is 0. The molecule has 1 aromatic rings. The number of amides is 1. The zero-order valence-corrected chi connectivity index (χ0v) is 12.4. The third-order valence-electron chi connectivity index (χ3n) is 3.28. The third-order valence-corrected chi connectivity index (χ3v) is 3.28. The average molecular weight is 277 g/mol. The van der Waals surface area contributed by atoms with E-state index in [0.717, 1.165) is 43.3 Å². The smallest absolute Gasteiger partial charge is 0.239 e. The summed E-state index contributed by atoms with van der Waals surface area (Å²) in [6, 6.07) is 1.91. The van der Waals surface area contributed by atoms with Gasteiger partial charge < -0.3 is 15.5 Å². The van der Waals surface area contributed by atoms with Crippen molar-refractivity contribution >= 4 is 17.5 Å². The maximum atomic E-state index is 11.5. The fraction of sp³-hybridized carbons (Fsp3) is 0.643. The van der Waals surface area contributed by atoms with Crippen LogP contribution in [0.1, 0.15) is 37.9 Å². The van der Waals surface area contributed by atoms with Crippen LogP contribution in [0, 0.1) is 0 Å². The number of rotatable bonds is 7. The van der Waals surface area contributed by atoms with Gasteiger partial charge in [-0.25, -0.2) is 9.97 Å². The Balaban J connectivity index is 2.17. The number of nitrogens with one attached hydrogen (secondary N) is 2. The van der Waals surface area contributed by atoms with E-state index in [2.05, 4.69) is 27.5 Å². The minimum absolute atomic E-state index is 0.0258. The summed E-state index contributed by atoms with van der Waals surface area (Å²) < 4.78 is 0. The zero-order chi connectivity index (χ0) is 14.5. The van der Waals surface area contributed by atoms with Crippen LogP contribution in [-0.2, 0) is 4.79 Å². The molecule has 0 bridgehead atoms. The monoisotopic (exact) mass is 277 g/mol. The molecule has 0 aromatic carbocycles. The normalized spacial score (nSPS) is 13.9. The zero-order valence-electron chi connectivity index (χ0n) is 12.4. The Labute approximate surface area is 120 Å². The Morgan fingerprint density at radius 3 is 2.80 bits per heavy atom. The highest BCUT2D eigenvalue weighted by Crippen LogP contribution is 2.39. The molecule has 1 heterocycles. The van der Waals surface area contributed by atoms with E-state index in [1.54, 1.807) is 7.05 Å². The van der Waals surface area contributed by atoms with Crippen LogP contribution in [-0.4, -0.2) is 43.1 Å². The Hall–Kier alpha value is -1.85. The molecule has 0 atom stereocenters. The van der Waals surface area contributed by atoms with Crippen LogP contribution in [0.15, 0.2) is 6.07 Å². The van der Waals surface area contributed by atoms with Gasteiger partial charge in [-0.3, -0.25) is 4.79 Å². The molecule has 1 amide bonds. The van der Waals surface area contributed by atoms with Gasteiger partial charge >= 0.3 is 0 Å². The highest BCUT2D eigenvalue weighted by Gasteiger charge is 2.27. The van der Waals surface area contributed by atoms with Gasteiger partial charge in [0.15, 0.2) is 0 Å². The second kappa shape index (κ2) is 6.54.